The average molecular weight is 350 g/mol. The number of hydrogen-bond acceptors (Lipinski definition) is 4. The Kier molecular flexibility index (Phi) is 4.54. The second-order valence-corrected chi connectivity index (χ2v) is 5.18. The number of aryl methyl sites for hydroxylation is 1. The van der Waals surface area contributed by atoms with Gasteiger partial charge in [0.25, 0.3) is 5.91 Å². The maximum Gasteiger partial charge on any atom is 0.272 e. The summed E-state index contributed by atoms with van der Waals surface area (Å²) in [5, 5.41) is 13.4. The highest BCUT2D eigenvalue weighted by Crippen LogP contribution is 2.19. The van der Waals surface area contributed by atoms with Gasteiger partial charge in [0.05, 0.1) is 11.8 Å². The lowest BCUT2D eigenvalue weighted by Gasteiger charge is -2.02. The number of halogens is 1. The van der Waals surface area contributed by atoms with Crippen molar-refractivity contribution in [2.75, 3.05) is 0 Å². The topological polar surface area (TPSA) is 83.7 Å². The minimum atomic E-state index is -0.448. The molecule has 0 spiro atoms. The quantitative estimate of drug-likeness (QED) is 0.652. The zero-order valence-corrected chi connectivity index (χ0v) is 12.7. The molecule has 0 saturated carbocycles. The molecule has 0 atom stereocenters. The van der Waals surface area contributed by atoms with Crippen LogP contribution in [-0.2, 0) is 7.05 Å². The second kappa shape index (κ2) is 6.36. The number of aromatic hydroxyl groups is 1. The maximum absolute atomic E-state index is 11.8. The number of aromatic nitrogens is 1. The van der Waals surface area contributed by atoms with Gasteiger partial charge in [0, 0.05) is 29.3 Å². The maximum atomic E-state index is 11.8. The van der Waals surface area contributed by atoms with Crippen LogP contribution >= 0.6 is 15.9 Å². The summed E-state index contributed by atoms with van der Waals surface area (Å²) >= 11 is 3.28. The van der Waals surface area contributed by atoms with E-state index in [1.165, 1.54) is 35.2 Å². The van der Waals surface area contributed by atoms with Crippen LogP contribution in [0.5, 0.6) is 5.75 Å². The third kappa shape index (κ3) is 3.79. The smallest absolute Gasteiger partial charge is 0.272 e. The van der Waals surface area contributed by atoms with E-state index in [1.54, 1.807) is 19.2 Å². The van der Waals surface area contributed by atoms with Crippen molar-refractivity contribution in [1.82, 2.24) is 9.99 Å². The molecule has 0 unspecified atom stereocenters. The summed E-state index contributed by atoms with van der Waals surface area (Å²) in [7, 11) is 1.56. The number of hydrazone groups is 1. The lowest BCUT2D eigenvalue weighted by Crippen LogP contribution is -2.22. The zero-order valence-electron chi connectivity index (χ0n) is 11.1. The first-order valence-electron chi connectivity index (χ1n) is 5.96. The van der Waals surface area contributed by atoms with Crippen LogP contribution in [0, 0.1) is 0 Å². The fourth-order valence-corrected chi connectivity index (χ4v) is 1.96. The molecule has 108 valence electrons. The monoisotopic (exact) mass is 349 g/mol. The van der Waals surface area contributed by atoms with Crippen molar-refractivity contribution >= 4 is 28.1 Å². The summed E-state index contributed by atoms with van der Waals surface area (Å²) in [4.78, 5) is 23.1. The fraction of sp³-hybridized carbons (Fsp3) is 0.0714. The standard InChI is InChI=1S/C14H12BrN3O3/c1-18-8-9(2-5-13(18)20)14(21)17-16-7-10-6-11(15)3-4-12(10)19/h2-8,19H,1H3,(H,17,21)/b16-7+. The van der Waals surface area contributed by atoms with Crippen LogP contribution in [0.4, 0.5) is 0 Å². The molecule has 2 aromatic rings. The van der Waals surface area contributed by atoms with Gasteiger partial charge in [0.1, 0.15) is 5.75 Å². The number of phenolic OH excluding ortho intramolecular Hbond substituents is 1. The molecule has 1 amide bonds. The molecule has 6 nitrogen and oxygen atoms in total. The van der Waals surface area contributed by atoms with Crippen LogP contribution < -0.4 is 11.0 Å². The van der Waals surface area contributed by atoms with E-state index in [0.29, 0.717) is 11.1 Å². The first-order valence-corrected chi connectivity index (χ1v) is 6.75. The van der Waals surface area contributed by atoms with E-state index < -0.39 is 5.91 Å². The molecule has 7 heteroatoms. The predicted molar refractivity (Wildman–Crippen MR) is 82.6 cm³/mol. The highest BCUT2D eigenvalue weighted by atomic mass is 79.9. The van der Waals surface area contributed by atoms with Gasteiger partial charge in [-0.25, -0.2) is 5.43 Å². The van der Waals surface area contributed by atoms with E-state index in [-0.39, 0.29) is 11.3 Å². The van der Waals surface area contributed by atoms with Crippen molar-refractivity contribution in [1.29, 1.82) is 0 Å². The zero-order chi connectivity index (χ0) is 15.4. The second-order valence-electron chi connectivity index (χ2n) is 4.27. The normalized spacial score (nSPS) is 10.8. The average Bonchev–Trinajstić information content (AvgIpc) is 2.45. The Balaban J connectivity index is 2.10. The first-order chi connectivity index (χ1) is 9.97. The molecule has 2 rings (SSSR count). The molecule has 1 heterocycles. The van der Waals surface area contributed by atoms with Crippen LogP contribution in [0.25, 0.3) is 0 Å². The van der Waals surface area contributed by atoms with Crippen LogP contribution in [0.1, 0.15) is 15.9 Å². The summed E-state index contributed by atoms with van der Waals surface area (Å²) in [6, 6.07) is 7.59. The molecule has 2 N–H and O–H groups in total. The number of nitrogens with one attached hydrogen (secondary N) is 1. The number of benzene rings is 1. The molecule has 0 aliphatic heterocycles. The SMILES string of the molecule is Cn1cc(C(=O)N/N=C/c2cc(Br)ccc2O)ccc1=O. The van der Waals surface area contributed by atoms with Gasteiger partial charge < -0.3 is 9.67 Å². The molecule has 21 heavy (non-hydrogen) atoms. The van der Waals surface area contributed by atoms with Crippen molar-refractivity contribution < 1.29 is 9.90 Å². The third-order valence-electron chi connectivity index (χ3n) is 2.71. The molecule has 0 aliphatic carbocycles. The lowest BCUT2D eigenvalue weighted by molar-refractivity contribution is 0.0954. The molecular weight excluding hydrogens is 338 g/mol. The van der Waals surface area contributed by atoms with Gasteiger partial charge in [-0.05, 0) is 24.3 Å². The van der Waals surface area contributed by atoms with Crippen LogP contribution in [-0.4, -0.2) is 21.8 Å². The lowest BCUT2D eigenvalue weighted by atomic mass is 10.2. The van der Waals surface area contributed by atoms with Crippen molar-refractivity contribution in [2.45, 2.75) is 0 Å². The highest BCUT2D eigenvalue weighted by Gasteiger charge is 2.05. The van der Waals surface area contributed by atoms with Crippen LogP contribution in [0.15, 0.2) is 50.9 Å². The number of carbonyl (C=O) groups excluding carboxylic acids is 1. The number of nitrogens with zero attached hydrogens (tertiary/aromatic N) is 2. The van der Waals surface area contributed by atoms with Gasteiger partial charge >= 0.3 is 0 Å². The summed E-state index contributed by atoms with van der Waals surface area (Å²) < 4.78 is 2.09. The Morgan fingerprint density at radius 2 is 2.14 bits per heavy atom. The molecule has 0 fully saturated rings. The predicted octanol–water partition coefficient (Wildman–Crippen LogP) is 1.62. The largest absolute Gasteiger partial charge is 0.507 e. The van der Waals surface area contributed by atoms with E-state index in [0.717, 1.165) is 4.47 Å². The number of hydrogen-bond donors (Lipinski definition) is 2. The number of pyridine rings is 1. The molecular formula is C14H12BrN3O3. The number of carbonyl (C=O) groups is 1. The minimum absolute atomic E-state index is 0.0540. The molecule has 0 bridgehead atoms. The summed E-state index contributed by atoms with van der Waals surface area (Å²) in [5.41, 5.74) is 2.91. The summed E-state index contributed by atoms with van der Waals surface area (Å²) in [5.74, 6) is -0.394. The van der Waals surface area contributed by atoms with Crippen molar-refractivity contribution in [3.8, 4) is 5.75 Å². The Morgan fingerprint density at radius 1 is 1.38 bits per heavy atom. The summed E-state index contributed by atoms with van der Waals surface area (Å²) in [6.45, 7) is 0. The van der Waals surface area contributed by atoms with Gasteiger partial charge in [0.2, 0.25) is 5.56 Å². The van der Waals surface area contributed by atoms with E-state index >= 15 is 0 Å². The summed E-state index contributed by atoms with van der Waals surface area (Å²) in [6.07, 6.45) is 2.75. The Bertz CT molecular complexity index is 768. The molecule has 1 aromatic heterocycles. The molecule has 0 aliphatic rings. The van der Waals surface area contributed by atoms with Gasteiger partial charge in [-0.1, -0.05) is 15.9 Å². The minimum Gasteiger partial charge on any atom is -0.507 e. The first kappa shape index (κ1) is 15.0. The van der Waals surface area contributed by atoms with E-state index in [2.05, 4.69) is 26.5 Å². The van der Waals surface area contributed by atoms with Gasteiger partial charge in [-0.2, -0.15) is 5.10 Å². The highest BCUT2D eigenvalue weighted by molar-refractivity contribution is 9.10. The number of rotatable bonds is 3. The van der Waals surface area contributed by atoms with E-state index in [1.807, 2.05) is 0 Å². The van der Waals surface area contributed by atoms with Crippen molar-refractivity contribution in [3.63, 3.8) is 0 Å². The van der Waals surface area contributed by atoms with Gasteiger partial charge in [-0.15, -0.1) is 0 Å². The van der Waals surface area contributed by atoms with Crippen LogP contribution in [0.3, 0.4) is 0 Å². The van der Waals surface area contributed by atoms with Crippen molar-refractivity contribution in [3.05, 3.63) is 62.5 Å². The molecule has 1 aromatic carbocycles. The fourth-order valence-electron chi connectivity index (χ4n) is 1.58. The van der Waals surface area contributed by atoms with E-state index in [9.17, 15) is 14.7 Å². The molecule has 0 radical (unpaired) electrons. The number of amides is 1. The molecule has 0 saturated heterocycles. The Labute approximate surface area is 128 Å². The van der Waals surface area contributed by atoms with Gasteiger partial charge in [0.15, 0.2) is 0 Å². The van der Waals surface area contributed by atoms with E-state index in [4.69, 9.17) is 0 Å². The van der Waals surface area contributed by atoms with Crippen LogP contribution in [0.2, 0.25) is 0 Å². The van der Waals surface area contributed by atoms with Crippen molar-refractivity contribution in [2.24, 2.45) is 12.1 Å². The van der Waals surface area contributed by atoms with Gasteiger partial charge in [-0.3, -0.25) is 9.59 Å². The Hall–Kier alpha value is -2.41. The number of phenols is 1. The Morgan fingerprint density at radius 3 is 2.86 bits per heavy atom. The third-order valence-corrected chi connectivity index (χ3v) is 3.20.